The number of hydrogen-bond acceptors (Lipinski definition) is 2. The van der Waals surface area contributed by atoms with Gasteiger partial charge >= 0.3 is 0 Å². The second kappa shape index (κ2) is 5.31. The minimum atomic E-state index is -0.603. The smallest absolute Gasteiger partial charge is 0.240 e. The molecule has 1 saturated carbocycles. The molecular weight excluding hydrogens is 188 g/mol. The zero-order chi connectivity index (χ0) is 11.3. The lowest BCUT2D eigenvalue weighted by Gasteiger charge is -2.31. The number of nitrogens with two attached hydrogens (primary N) is 1. The number of allylic oxidation sites excluding steroid dienone is 1. The minimum Gasteiger partial charge on any atom is -0.351 e. The van der Waals surface area contributed by atoms with Crippen LogP contribution in [0, 0.1) is 0 Å². The van der Waals surface area contributed by atoms with Crippen LogP contribution in [0.1, 0.15) is 46.0 Å². The maximum atomic E-state index is 11.8. The lowest BCUT2D eigenvalue weighted by Crippen LogP contribution is -2.55. The average molecular weight is 210 g/mol. The number of rotatable bonds is 3. The number of hydrogen-bond donors (Lipinski definition) is 2. The van der Waals surface area contributed by atoms with Crippen molar-refractivity contribution in [1.82, 2.24) is 5.32 Å². The summed E-state index contributed by atoms with van der Waals surface area (Å²) in [6.07, 6.45) is 7.02. The predicted molar refractivity (Wildman–Crippen MR) is 62.4 cm³/mol. The Bertz CT molecular complexity index is 248. The zero-order valence-electron chi connectivity index (χ0n) is 9.81. The lowest BCUT2D eigenvalue weighted by atomic mass is 9.82. The summed E-state index contributed by atoms with van der Waals surface area (Å²) in [5.41, 5.74) is 6.70. The third-order valence-corrected chi connectivity index (χ3v) is 2.97. The fourth-order valence-electron chi connectivity index (χ4n) is 1.93. The normalized spacial score (nSPS) is 19.4. The first-order chi connectivity index (χ1) is 7.04. The topological polar surface area (TPSA) is 55.1 Å². The Labute approximate surface area is 92.1 Å². The van der Waals surface area contributed by atoms with Crippen molar-refractivity contribution in [3.05, 3.63) is 11.6 Å². The summed E-state index contributed by atoms with van der Waals surface area (Å²) >= 11 is 0. The summed E-state index contributed by atoms with van der Waals surface area (Å²) in [7, 11) is 0. The van der Waals surface area contributed by atoms with Gasteiger partial charge in [0.05, 0.1) is 5.54 Å². The highest BCUT2D eigenvalue weighted by molar-refractivity contribution is 5.86. The number of nitrogens with one attached hydrogen (secondary N) is 1. The van der Waals surface area contributed by atoms with Gasteiger partial charge in [0, 0.05) is 6.54 Å². The summed E-state index contributed by atoms with van der Waals surface area (Å²) in [6, 6.07) is 0. The van der Waals surface area contributed by atoms with Crippen LogP contribution < -0.4 is 11.1 Å². The molecule has 0 saturated heterocycles. The number of carbonyl (C=O) groups is 1. The van der Waals surface area contributed by atoms with Crippen molar-refractivity contribution in [2.75, 3.05) is 6.54 Å². The molecule has 86 valence electrons. The Morgan fingerprint density at radius 1 is 1.33 bits per heavy atom. The summed E-state index contributed by atoms with van der Waals surface area (Å²) in [6.45, 7) is 4.63. The minimum absolute atomic E-state index is 0.0136. The highest BCUT2D eigenvalue weighted by Gasteiger charge is 2.34. The van der Waals surface area contributed by atoms with Gasteiger partial charge in [0.1, 0.15) is 0 Å². The second-order valence-corrected chi connectivity index (χ2v) is 4.71. The highest BCUT2D eigenvalue weighted by Crippen LogP contribution is 2.25. The summed E-state index contributed by atoms with van der Waals surface area (Å²) in [5.74, 6) is 0.0136. The zero-order valence-corrected chi connectivity index (χ0v) is 9.81. The van der Waals surface area contributed by atoms with E-state index < -0.39 is 5.54 Å². The Balaban J connectivity index is 2.41. The molecule has 0 atom stereocenters. The fourth-order valence-corrected chi connectivity index (χ4v) is 1.93. The molecule has 0 aliphatic heterocycles. The van der Waals surface area contributed by atoms with Gasteiger partial charge in [-0.15, -0.1) is 0 Å². The Hall–Kier alpha value is -0.830. The third-order valence-electron chi connectivity index (χ3n) is 2.97. The summed E-state index contributed by atoms with van der Waals surface area (Å²) in [5, 5.41) is 2.88. The van der Waals surface area contributed by atoms with Gasteiger partial charge in [0.15, 0.2) is 0 Å². The van der Waals surface area contributed by atoms with Gasteiger partial charge in [-0.3, -0.25) is 4.79 Å². The maximum Gasteiger partial charge on any atom is 0.240 e. The van der Waals surface area contributed by atoms with Gasteiger partial charge in [-0.25, -0.2) is 0 Å². The van der Waals surface area contributed by atoms with E-state index in [9.17, 15) is 4.79 Å². The molecule has 0 unspecified atom stereocenters. The molecule has 15 heavy (non-hydrogen) atoms. The number of amides is 1. The standard InChI is InChI=1S/C12H22N2O/c1-10(2)6-9-14-11(15)12(13)7-4-3-5-8-12/h6H,3-5,7-9,13H2,1-2H3,(H,14,15). The van der Waals surface area contributed by atoms with Crippen molar-refractivity contribution in [2.45, 2.75) is 51.5 Å². The summed E-state index contributed by atoms with van der Waals surface area (Å²) in [4.78, 5) is 11.8. The van der Waals surface area contributed by atoms with Gasteiger partial charge in [-0.1, -0.05) is 30.9 Å². The van der Waals surface area contributed by atoms with Crippen LogP contribution in [0.5, 0.6) is 0 Å². The third kappa shape index (κ3) is 3.67. The largest absolute Gasteiger partial charge is 0.351 e. The molecule has 1 rings (SSSR count). The molecule has 0 aromatic heterocycles. The predicted octanol–water partition coefficient (Wildman–Crippen LogP) is 1.73. The van der Waals surface area contributed by atoms with Gasteiger partial charge in [0.25, 0.3) is 0 Å². The van der Waals surface area contributed by atoms with Crippen LogP contribution in [0.25, 0.3) is 0 Å². The molecule has 0 radical (unpaired) electrons. The molecule has 3 N–H and O–H groups in total. The van der Waals surface area contributed by atoms with Crippen LogP contribution in [-0.2, 0) is 4.79 Å². The molecule has 3 nitrogen and oxygen atoms in total. The van der Waals surface area contributed by atoms with Crippen LogP contribution in [0.3, 0.4) is 0 Å². The van der Waals surface area contributed by atoms with Gasteiger partial charge in [-0.2, -0.15) is 0 Å². The van der Waals surface area contributed by atoms with Crippen molar-refractivity contribution in [3.63, 3.8) is 0 Å². The summed E-state index contributed by atoms with van der Waals surface area (Å²) < 4.78 is 0. The highest BCUT2D eigenvalue weighted by atomic mass is 16.2. The van der Waals surface area contributed by atoms with Crippen molar-refractivity contribution in [1.29, 1.82) is 0 Å². The molecule has 0 heterocycles. The number of carbonyl (C=O) groups excluding carboxylic acids is 1. The molecule has 3 heteroatoms. The first-order valence-electron chi connectivity index (χ1n) is 5.75. The molecular formula is C12H22N2O. The average Bonchev–Trinajstić information content (AvgIpc) is 2.18. The van der Waals surface area contributed by atoms with E-state index >= 15 is 0 Å². The van der Waals surface area contributed by atoms with E-state index in [4.69, 9.17) is 5.73 Å². The van der Waals surface area contributed by atoms with Crippen molar-refractivity contribution < 1.29 is 4.79 Å². The Morgan fingerprint density at radius 2 is 1.93 bits per heavy atom. The molecule has 0 spiro atoms. The van der Waals surface area contributed by atoms with E-state index in [1.54, 1.807) is 0 Å². The van der Waals surface area contributed by atoms with E-state index in [0.29, 0.717) is 6.54 Å². The van der Waals surface area contributed by atoms with Gasteiger partial charge in [0.2, 0.25) is 5.91 Å². The first-order valence-corrected chi connectivity index (χ1v) is 5.75. The van der Waals surface area contributed by atoms with Crippen LogP contribution in [0.15, 0.2) is 11.6 Å². The van der Waals surface area contributed by atoms with Crippen molar-refractivity contribution in [3.8, 4) is 0 Å². The Morgan fingerprint density at radius 3 is 2.47 bits per heavy atom. The molecule has 1 aliphatic rings. The van der Waals surface area contributed by atoms with Gasteiger partial charge < -0.3 is 11.1 Å². The first kappa shape index (κ1) is 12.2. The van der Waals surface area contributed by atoms with E-state index in [2.05, 4.69) is 5.32 Å². The monoisotopic (exact) mass is 210 g/mol. The molecule has 0 aromatic rings. The molecule has 0 bridgehead atoms. The van der Waals surface area contributed by atoms with Crippen molar-refractivity contribution >= 4 is 5.91 Å². The van der Waals surface area contributed by atoms with Crippen LogP contribution in [-0.4, -0.2) is 18.0 Å². The van der Waals surface area contributed by atoms with E-state index in [1.165, 1.54) is 12.0 Å². The van der Waals surface area contributed by atoms with E-state index in [1.807, 2.05) is 19.9 Å². The van der Waals surface area contributed by atoms with Crippen LogP contribution >= 0.6 is 0 Å². The SMILES string of the molecule is CC(C)=CCNC(=O)C1(N)CCCCC1. The van der Waals surface area contributed by atoms with E-state index in [-0.39, 0.29) is 5.91 Å². The maximum absolute atomic E-state index is 11.8. The molecule has 1 aliphatic carbocycles. The second-order valence-electron chi connectivity index (χ2n) is 4.71. The fraction of sp³-hybridized carbons (Fsp3) is 0.750. The molecule has 0 aromatic carbocycles. The lowest BCUT2D eigenvalue weighted by molar-refractivity contribution is -0.127. The van der Waals surface area contributed by atoms with Crippen LogP contribution in [0.4, 0.5) is 0 Å². The molecule has 1 amide bonds. The van der Waals surface area contributed by atoms with E-state index in [0.717, 1.165) is 25.7 Å². The Kier molecular flexibility index (Phi) is 4.33. The van der Waals surface area contributed by atoms with Gasteiger partial charge in [-0.05, 0) is 26.7 Å². The molecule has 1 fully saturated rings. The van der Waals surface area contributed by atoms with Crippen molar-refractivity contribution in [2.24, 2.45) is 5.73 Å². The van der Waals surface area contributed by atoms with Crippen LogP contribution in [0.2, 0.25) is 0 Å². The quantitative estimate of drug-likeness (QED) is 0.697.